The molecule has 1 aliphatic rings. The van der Waals surface area contributed by atoms with Crippen LogP contribution in [0.2, 0.25) is 5.02 Å². The van der Waals surface area contributed by atoms with Crippen molar-refractivity contribution in [3.8, 4) is 0 Å². The lowest BCUT2D eigenvalue weighted by Crippen LogP contribution is -2.45. The summed E-state index contributed by atoms with van der Waals surface area (Å²) in [7, 11) is 0. The molecular formula is C19H21ClN4. The van der Waals surface area contributed by atoms with Gasteiger partial charge >= 0.3 is 0 Å². The van der Waals surface area contributed by atoms with E-state index in [2.05, 4.69) is 57.0 Å². The molecule has 0 aliphatic carbocycles. The van der Waals surface area contributed by atoms with Gasteiger partial charge in [0.1, 0.15) is 5.65 Å². The summed E-state index contributed by atoms with van der Waals surface area (Å²) < 4.78 is 2.20. The molecule has 0 saturated carbocycles. The monoisotopic (exact) mass is 340 g/mol. The molecule has 5 heteroatoms. The Morgan fingerprint density at radius 2 is 2.04 bits per heavy atom. The Kier molecular flexibility index (Phi) is 4.27. The number of aromatic nitrogens is 2. The van der Waals surface area contributed by atoms with Gasteiger partial charge in [-0.05, 0) is 30.7 Å². The van der Waals surface area contributed by atoms with Crippen molar-refractivity contribution < 1.29 is 0 Å². The normalized spacial score (nSPS) is 19.0. The van der Waals surface area contributed by atoms with Gasteiger partial charge in [-0.15, -0.1) is 0 Å². The maximum Gasteiger partial charge on any atom is 0.137 e. The van der Waals surface area contributed by atoms with Crippen LogP contribution >= 0.6 is 11.6 Å². The van der Waals surface area contributed by atoms with Crippen LogP contribution in [0.1, 0.15) is 23.0 Å². The van der Waals surface area contributed by atoms with Crippen LogP contribution < -0.4 is 5.32 Å². The molecule has 1 fully saturated rings. The number of imidazole rings is 1. The number of nitrogens with zero attached hydrogens (tertiary/aromatic N) is 3. The second-order valence-electron chi connectivity index (χ2n) is 6.28. The van der Waals surface area contributed by atoms with E-state index in [4.69, 9.17) is 11.6 Å². The fraction of sp³-hybridized carbons (Fsp3) is 0.316. The summed E-state index contributed by atoms with van der Waals surface area (Å²) >= 11 is 6.46. The van der Waals surface area contributed by atoms with Crippen LogP contribution in [0.3, 0.4) is 0 Å². The summed E-state index contributed by atoms with van der Waals surface area (Å²) in [5.74, 6) is 0. The van der Waals surface area contributed by atoms with E-state index in [0.717, 1.165) is 42.5 Å². The number of hydrogen-bond acceptors (Lipinski definition) is 3. The minimum atomic E-state index is 0.279. The molecule has 3 aromatic rings. The lowest BCUT2D eigenvalue weighted by Gasteiger charge is -2.36. The van der Waals surface area contributed by atoms with Crippen LogP contribution in [0.5, 0.6) is 0 Å². The average Bonchev–Trinajstić information content (AvgIpc) is 2.92. The summed E-state index contributed by atoms with van der Waals surface area (Å²) in [4.78, 5) is 7.19. The molecule has 0 radical (unpaired) electrons. The van der Waals surface area contributed by atoms with E-state index in [0.29, 0.717) is 0 Å². The molecule has 1 aromatic carbocycles. The molecule has 24 heavy (non-hydrogen) atoms. The van der Waals surface area contributed by atoms with Crippen molar-refractivity contribution in [3.05, 3.63) is 70.6 Å². The Bertz CT molecular complexity index is 857. The first-order valence-corrected chi connectivity index (χ1v) is 8.73. The van der Waals surface area contributed by atoms with E-state index in [9.17, 15) is 0 Å². The average molecular weight is 341 g/mol. The number of fused-ring (bicyclic) bond motifs is 1. The van der Waals surface area contributed by atoms with E-state index in [-0.39, 0.29) is 6.04 Å². The zero-order valence-electron chi connectivity index (χ0n) is 13.7. The quantitative estimate of drug-likeness (QED) is 0.792. The highest BCUT2D eigenvalue weighted by molar-refractivity contribution is 6.31. The molecule has 1 aliphatic heterocycles. The third-order valence-electron chi connectivity index (χ3n) is 4.80. The number of halogens is 1. The van der Waals surface area contributed by atoms with Crippen molar-refractivity contribution in [1.82, 2.24) is 19.6 Å². The van der Waals surface area contributed by atoms with E-state index >= 15 is 0 Å². The third kappa shape index (κ3) is 2.81. The first kappa shape index (κ1) is 15.6. The van der Waals surface area contributed by atoms with Gasteiger partial charge in [-0.1, -0.05) is 35.9 Å². The van der Waals surface area contributed by atoms with Crippen LogP contribution in [0.25, 0.3) is 5.65 Å². The highest BCUT2D eigenvalue weighted by Gasteiger charge is 2.26. The van der Waals surface area contributed by atoms with Crippen LogP contribution in [0.4, 0.5) is 0 Å². The van der Waals surface area contributed by atoms with Crippen molar-refractivity contribution in [2.24, 2.45) is 0 Å². The van der Waals surface area contributed by atoms with E-state index in [1.54, 1.807) is 0 Å². The number of rotatable bonds is 3. The van der Waals surface area contributed by atoms with E-state index in [1.165, 1.54) is 11.3 Å². The molecule has 0 spiro atoms. The van der Waals surface area contributed by atoms with Crippen LogP contribution in [0, 0.1) is 6.92 Å². The van der Waals surface area contributed by atoms with Gasteiger partial charge in [-0.2, -0.15) is 0 Å². The van der Waals surface area contributed by atoms with Gasteiger partial charge in [-0.3, -0.25) is 4.90 Å². The highest BCUT2D eigenvalue weighted by atomic mass is 35.5. The molecule has 4 nitrogen and oxygen atoms in total. The lowest BCUT2D eigenvalue weighted by molar-refractivity contribution is 0.151. The molecule has 1 unspecified atom stereocenters. The van der Waals surface area contributed by atoms with Gasteiger partial charge in [0.05, 0.1) is 11.4 Å². The smallest absolute Gasteiger partial charge is 0.137 e. The molecular weight excluding hydrogens is 320 g/mol. The number of nitrogens with one attached hydrogen (secondary N) is 1. The molecule has 4 rings (SSSR count). The summed E-state index contributed by atoms with van der Waals surface area (Å²) in [5.41, 5.74) is 4.55. The summed E-state index contributed by atoms with van der Waals surface area (Å²) in [6, 6.07) is 14.6. The summed E-state index contributed by atoms with van der Waals surface area (Å²) in [6.07, 6.45) is 2.09. The second kappa shape index (κ2) is 6.55. The Morgan fingerprint density at radius 1 is 1.21 bits per heavy atom. The van der Waals surface area contributed by atoms with Crippen molar-refractivity contribution in [2.45, 2.75) is 19.5 Å². The van der Waals surface area contributed by atoms with E-state index < -0.39 is 0 Å². The zero-order valence-corrected chi connectivity index (χ0v) is 14.5. The molecule has 0 bridgehead atoms. The highest BCUT2D eigenvalue weighted by Crippen LogP contribution is 2.30. The molecule has 2 aromatic heterocycles. The Balaban J connectivity index is 1.68. The second-order valence-corrected chi connectivity index (χ2v) is 6.69. The minimum absolute atomic E-state index is 0.279. The third-order valence-corrected chi connectivity index (χ3v) is 5.14. The number of aryl methyl sites for hydroxylation is 1. The first-order valence-electron chi connectivity index (χ1n) is 8.36. The summed E-state index contributed by atoms with van der Waals surface area (Å²) in [6.45, 7) is 5.87. The molecule has 1 atom stereocenters. The van der Waals surface area contributed by atoms with Crippen molar-refractivity contribution in [3.63, 3.8) is 0 Å². The fourth-order valence-corrected chi connectivity index (χ4v) is 3.80. The predicted octanol–water partition coefficient (Wildman–Crippen LogP) is 3.44. The minimum Gasteiger partial charge on any atom is -0.314 e. The summed E-state index contributed by atoms with van der Waals surface area (Å²) in [5, 5.41) is 4.34. The number of piperazine rings is 1. The zero-order chi connectivity index (χ0) is 16.5. The van der Waals surface area contributed by atoms with Crippen molar-refractivity contribution >= 4 is 17.2 Å². The topological polar surface area (TPSA) is 32.6 Å². The number of pyridine rings is 1. The van der Waals surface area contributed by atoms with E-state index in [1.807, 2.05) is 18.2 Å². The molecule has 0 amide bonds. The van der Waals surface area contributed by atoms with Crippen molar-refractivity contribution in [1.29, 1.82) is 0 Å². The van der Waals surface area contributed by atoms with Gasteiger partial charge in [0.15, 0.2) is 0 Å². The van der Waals surface area contributed by atoms with Crippen LogP contribution in [-0.4, -0.2) is 33.9 Å². The van der Waals surface area contributed by atoms with Gasteiger partial charge in [0.25, 0.3) is 0 Å². The fourth-order valence-electron chi connectivity index (χ4n) is 3.53. The predicted molar refractivity (Wildman–Crippen MR) is 97.4 cm³/mol. The SMILES string of the molecule is Cc1nc2ccccn2c1CN1CCNCC1c1ccccc1Cl. The van der Waals surface area contributed by atoms with Crippen LogP contribution in [-0.2, 0) is 6.54 Å². The van der Waals surface area contributed by atoms with Gasteiger partial charge in [-0.25, -0.2) is 4.98 Å². The number of hydrogen-bond donors (Lipinski definition) is 1. The number of benzene rings is 1. The standard InChI is InChI=1S/C19H21ClN4/c1-14-18(24-10-5-4-8-19(24)22-14)13-23-11-9-21-12-17(23)15-6-2-3-7-16(15)20/h2-8,10,17,21H,9,11-13H2,1H3. The lowest BCUT2D eigenvalue weighted by atomic mass is 10.0. The van der Waals surface area contributed by atoms with Crippen LogP contribution in [0.15, 0.2) is 48.7 Å². The molecule has 1 saturated heterocycles. The molecule has 124 valence electrons. The van der Waals surface area contributed by atoms with Gasteiger partial charge in [0.2, 0.25) is 0 Å². The Morgan fingerprint density at radius 3 is 2.92 bits per heavy atom. The van der Waals surface area contributed by atoms with Gasteiger partial charge in [0, 0.05) is 43.4 Å². The van der Waals surface area contributed by atoms with Gasteiger partial charge < -0.3 is 9.72 Å². The largest absolute Gasteiger partial charge is 0.314 e. The Hall–Kier alpha value is -1.88. The first-order chi connectivity index (χ1) is 11.7. The van der Waals surface area contributed by atoms with Crippen molar-refractivity contribution in [2.75, 3.05) is 19.6 Å². The Labute approximate surface area is 147 Å². The molecule has 1 N–H and O–H groups in total. The molecule has 3 heterocycles. The maximum atomic E-state index is 6.46. The maximum absolute atomic E-state index is 6.46.